The van der Waals surface area contributed by atoms with E-state index >= 15 is 0 Å². The molecule has 1 aliphatic rings. The van der Waals surface area contributed by atoms with E-state index in [1.165, 1.54) is 0 Å². The average Bonchev–Trinajstić information content (AvgIpc) is 2.57. The van der Waals surface area contributed by atoms with Crippen LogP contribution >= 0.6 is 0 Å². The molecule has 0 bridgehead atoms. The van der Waals surface area contributed by atoms with Crippen LogP contribution in [0, 0.1) is 0 Å². The van der Waals surface area contributed by atoms with Crippen LogP contribution in [0.2, 0.25) is 0 Å². The fourth-order valence-electron chi connectivity index (χ4n) is 2.65. The molecule has 4 nitrogen and oxygen atoms in total. The summed E-state index contributed by atoms with van der Waals surface area (Å²) < 4.78 is 10.9. The molecule has 0 aliphatic carbocycles. The Kier molecular flexibility index (Phi) is 4.31. The van der Waals surface area contributed by atoms with E-state index in [4.69, 9.17) is 9.47 Å². The largest absolute Gasteiger partial charge is 0.385 e. The van der Waals surface area contributed by atoms with Crippen LogP contribution in [0.15, 0.2) is 54.6 Å². The number of benzene rings is 2. The van der Waals surface area contributed by atoms with Gasteiger partial charge in [-0.25, -0.2) is 0 Å². The van der Waals surface area contributed by atoms with Crippen molar-refractivity contribution in [2.24, 2.45) is 0 Å². The zero-order chi connectivity index (χ0) is 16.4. The Morgan fingerprint density at radius 2 is 1.65 bits per heavy atom. The lowest BCUT2D eigenvalue weighted by atomic mass is 9.97. The molecular weight excluding hydrogens is 292 g/mol. The maximum Gasteiger partial charge on any atom is 0.190 e. The van der Waals surface area contributed by atoms with Gasteiger partial charge in [0.2, 0.25) is 0 Å². The summed E-state index contributed by atoms with van der Waals surface area (Å²) in [6.07, 6.45) is -1.91. The van der Waals surface area contributed by atoms with Crippen LogP contribution in [0.4, 0.5) is 0 Å². The molecular formula is C19H20O4. The van der Waals surface area contributed by atoms with Crippen molar-refractivity contribution in [1.29, 1.82) is 0 Å². The Balaban J connectivity index is 1.80. The summed E-state index contributed by atoms with van der Waals surface area (Å²) in [6.45, 7) is 3.42. The van der Waals surface area contributed by atoms with Gasteiger partial charge in [0.1, 0.15) is 12.7 Å². The summed E-state index contributed by atoms with van der Waals surface area (Å²) >= 11 is 0. The predicted octanol–water partition coefficient (Wildman–Crippen LogP) is 3.11. The second-order valence-corrected chi connectivity index (χ2v) is 6.13. The van der Waals surface area contributed by atoms with E-state index < -0.39 is 18.0 Å². The summed E-state index contributed by atoms with van der Waals surface area (Å²) in [6, 6.07) is 17.5. The van der Waals surface area contributed by atoms with Gasteiger partial charge < -0.3 is 14.6 Å². The van der Waals surface area contributed by atoms with Crippen LogP contribution in [0.25, 0.3) is 11.1 Å². The molecule has 1 N–H and O–H groups in total. The lowest BCUT2D eigenvalue weighted by molar-refractivity contribution is -0.271. The van der Waals surface area contributed by atoms with Crippen LogP contribution < -0.4 is 0 Å². The molecule has 0 unspecified atom stereocenters. The fourth-order valence-corrected chi connectivity index (χ4v) is 2.65. The molecule has 2 aromatic rings. The summed E-state index contributed by atoms with van der Waals surface area (Å²) in [5, 5.41) is 10.5. The molecule has 0 saturated carbocycles. The molecule has 1 fully saturated rings. The summed E-state index contributed by atoms with van der Waals surface area (Å²) in [4.78, 5) is 12.0. The lowest BCUT2D eigenvalue weighted by Gasteiger charge is -2.36. The van der Waals surface area contributed by atoms with Crippen LogP contribution in [0.5, 0.6) is 0 Å². The summed E-state index contributed by atoms with van der Waals surface area (Å²) in [7, 11) is 0. The molecule has 4 heteroatoms. The first-order valence-corrected chi connectivity index (χ1v) is 7.64. The van der Waals surface area contributed by atoms with Crippen molar-refractivity contribution in [2.75, 3.05) is 6.61 Å². The number of ether oxygens (including phenoxy) is 2. The van der Waals surface area contributed by atoms with E-state index in [2.05, 4.69) is 0 Å². The standard InChI is InChI=1S/C19H20O4/c1-19(2)22-12-16(20)18(23-19)17(21)15-10-8-14(9-11-15)13-6-4-3-5-7-13/h3-11,17-18,21H,12H2,1-2H3/t17-,18+/m1/s1. The van der Waals surface area contributed by atoms with Gasteiger partial charge in [0.05, 0.1) is 0 Å². The number of ketones is 1. The van der Waals surface area contributed by atoms with Crippen LogP contribution in [0.1, 0.15) is 25.5 Å². The van der Waals surface area contributed by atoms with Crippen LogP contribution in [-0.2, 0) is 14.3 Å². The van der Waals surface area contributed by atoms with E-state index in [1.807, 2.05) is 54.6 Å². The number of Topliss-reactive ketones (excluding diaryl/α,β-unsaturated/α-hetero) is 1. The Morgan fingerprint density at radius 3 is 2.30 bits per heavy atom. The Morgan fingerprint density at radius 1 is 1.04 bits per heavy atom. The van der Waals surface area contributed by atoms with Gasteiger partial charge in [0, 0.05) is 0 Å². The second-order valence-electron chi connectivity index (χ2n) is 6.13. The minimum absolute atomic E-state index is 0.0448. The minimum Gasteiger partial charge on any atom is -0.385 e. The van der Waals surface area contributed by atoms with E-state index in [0.717, 1.165) is 11.1 Å². The number of hydrogen-bond acceptors (Lipinski definition) is 4. The van der Waals surface area contributed by atoms with Gasteiger partial charge in [-0.15, -0.1) is 0 Å². The first-order valence-electron chi connectivity index (χ1n) is 7.64. The van der Waals surface area contributed by atoms with Crippen molar-refractivity contribution in [1.82, 2.24) is 0 Å². The molecule has 1 aliphatic heterocycles. The van der Waals surface area contributed by atoms with E-state index in [1.54, 1.807) is 13.8 Å². The van der Waals surface area contributed by atoms with Gasteiger partial charge in [0.25, 0.3) is 0 Å². The van der Waals surface area contributed by atoms with Gasteiger partial charge >= 0.3 is 0 Å². The van der Waals surface area contributed by atoms with Gasteiger partial charge in [-0.05, 0) is 30.5 Å². The highest BCUT2D eigenvalue weighted by Gasteiger charge is 2.39. The predicted molar refractivity (Wildman–Crippen MR) is 86.7 cm³/mol. The quantitative estimate of drug-likeness (QED) is 0.946. The number of carbonyl (C=O) groups excluding carboxylic acids is 1. The Labute approximate surface area is 135 Å². The molecule has 1 saturated heterocycles. The zero-order valence-electron chi connectivity index (χ0n) is 13.2. The van der Waals surface area contributed by atoms with E-state index in [0.29, 0.717) is 5.56 Å². The monoisotopic (exact) mass is 312 g/mol. The summed E-state index contributed by atoms with van der Waals surface area (Å²) in [5.41, 5.74) is 2.81. The van der Waals surface area contributed by atoms with Crippen molar-refractivity contribution < 1.29 is 19.4 Å². The molecule has 0 radical (unpaired) electrons. The second kappa shape index (κ2) is 6.24. The molecule has 23 heavy (non-hydrogen) atoms. The van der Waals surface area contributed by atoms with E-state index in [9.17, 15) is 9.90 Å². The minimum atomic E-state index is -1.00. The third-order valence-corrected chi connectivity index (χ3v) is 3.94. The van der Waals surface area contributed by atoms with Crippen molar-refractivity contribution in [2.45, 2.75) is 31.8 Å². The fraction of sp³-hybridized carbons (Fsp3) is 0.316. The normalized spacial score (nSPS) is 21.9. The molecule has 1 heterocycles. The first kappa shape index (κ1) is 15.9. The number of rotatable bonds is 3. The number of carbonyl (C=O) groups is 1. The highest BCUT2D eigenvalue weighted by Crippen LogP contribution is 2.30. The smallest absolute Gasteiger partial charge is 0.190 e. The highest BCUT2D eigenvalue weighted by atomic mass is 16.7. The van der Waals surface area contributed by atoms with Gasteiger partial charge in [-0.1, -0.05) is 54.6 Å². The summed E-state index contributed by atoms with van der Waals surface area (Å²) in [5.74, 6) is -1.12. The van der Waals surface area contributed by atoms with Crippen LogP contribution in [0.3, 0.4) is 0 Å². The van der Waals surface area contributed by atoms with Gasteiger partial charge in [-0.2, -0.15) is 0 Å². The SMILES string of the molecule is CC1(C)OCC(=O)[C@@H]([C@H](O)c2ccc(-c3ccccc3)cc2)O1. The molecule has 2 atom stereocenters. The van der Waals surface area contributed by atoms with Crippen molar-refractivity contribution in [3.63, 3.8) is 0 Å². The molecule has 3 rings (SSSR count). The molecule has 0 spiro atoms. The van der Waals surface area contributed by atoms with E-state index in [-0.39, 0.29) is 12.4 Å². The third kappa shape index (κ3) is 3.50. The van der Waals surface area contributed by atoms with Crippen molar-refractivity contribution in [3.8, 4) is 11.1 Å². The number of hydrogen-bond donors (Lipinski definition) is 1. The topological polar surface area (TPSA) is 55.8 Å². The average molecular weight is 312 g/mol. The molecule has 120 valence electrons. The van der Waals surface area contributed by atoms with Crippen LogP contribution in [-0.4, -0.2) is 29.4 Å². The van der Waals surface area contributed by atoms with Gasteiger partial charge in [0.15, 0.2) is 17.7 Å². The first-order chi connectivity index (χ1) is 11.0. The third-order valence-electron chi connectivity index (χ3n) is 3.94. The molecule has 2 aromatic carbocycles. The number of aliphatic hydroxyl groups excluding tert-OH is 1. The number of aliphatic hydroxyl groups is 1. The Hall–Kier alpha value is -2.01. The highest BCUT2D eigenvalue weighted by molar-refractivity contribution is 5.85. The van der Waals surface area contributed by atoms with Crippen molar-refractivity contribution >= 4 is 5.78 Å². The Bertz CT molecular complexity index is 676. The molecule has 0 amide bonds. The lowest BCUT2D eigenvalue weighted by Crippen LogP contribution is -2.48. The zero-order valence-corrected chi connectivity index (χ0v) is 13.2. The molecule has 0 aromatic heterocycles. The van der Waals surface area contributed by atoms with Crippen molar-refractivity contribution in [3.05, 3.63) is 60.2 Å². The van der Waals surface area contributed by atoms with Gasteiger partial charge in [-0.3, -0.25) is 4.79 Å². The maximum atomic E-state index is 12.0. The maximum absolute atomic E-state index is 12.0.